The van der Waals surface area contributed by atoms with Crippen molar-refractivity contribution >= 4 is 5.78 Å². The van der Waals surface area contributed by atoms with Crippen LogP contribution in [0.3, 0.4) is 0 Å². The normalized spacial score (nSPS) is 11.3. The summed E-state index contributed by atoms with van der Waals surface area (Å²) < 4.78 is 17.2. The van der Waals surface area contributed by atoms with E-state index in [1.165, 1.54) is 28.8 Å². The van der Waals surface area contributed by atoms with E-state index in [1.54, 1.807) is 12.1 Å². The van der Waals surface area contributed by atoms with Crippen LogP contribution in [0.1, 0.15) is 11.1 Å². The number of benzene rings is 2. The van der Waals surface area contributed by atoms with Gasteiger partial charge in [0.1, 0.15) is 5.82 Å². The van der Waals surface area contributed by atoms with E-state index in [9.17, 15) is 4.39 Å². The van der Waals surface area contributed by atoms with Gasteiger partial charge in [0.25, 0.3) is 0 Å². The van der Waals surface area contributed by atoms with Gasteiger partial charge < -0.3 is 4.57 Å². The van der Waals surface area contributed by atoms with Crippen LogP contribution in [0.5, 0.6) is 0 Å². The molecule has 0 saturated heterocycles. The Labute approximate surface area is 140 Å². The molecule has 24 heavy (non-hydrogen) atoms. The van der Waals surface area contributed by atoms with Gasteiger partial charge in [-0.1, -0.05) is 12.1 Å². The van der Waals surface area contributed by atoms with Crippen LogP contribution in [0.25, 0.3) is 28.3 Å². The van der Waals surface area contributed by atoms with E-state index in [1.807, 2.05) is 17.6 Å². The Balaban J connectivity index is 1.80. The predicted octanol–water partition coefficient (Wildman–Crippen LogP) is 4.76. The SMILES string of the molecule is Cc1ccc(-c2cn3cc(-c4ccc(F)cc4)nc3n2C)cc1C. The third kappa shape index (κ3) is 2.31. The number of aromatic nitrogens is 3. The maximum absolute atomic E-state index is 13.1. The number of imidazole rings is 2. The summed E-state index contributed by atoms with van der Waals surface area (Å²) in [5.74, 6) is 0.627. The number of halogens is 1. The molecule has 0 bridgehead atoms. The summed E-state index contributed by atoms with van der Waals surface area (Å²) in [6, 6.07) is 12.9. The summed E-state index contributed by atoms with van der Waals surface area (Å²) in [7, 11) is 2.02. The van der Waals surface area contributed by atoms with E-state index >= 15 is 0 Å². The Morgan fingerprint density at radius 3 is 2.25 bits per heavy atom. The molecule has 4 aromatic rings. The molecule has 0 saturated carbocycles. The molecule has 4 rings (SSSR count). The summed E-state index contributed by atoms with van der Waals surface area (Å²) in [4.78, 5) is 4.70. The van der Waals surface area contributed by atoms with Crippen LogP contribution in [0.4, 0.5) is 4.39 Å². The van der Waals surface area contributed by atoms with Gasteiger partial charge in [-0.3, -0.25) is 4.40 Å². The zero-order valence-electron chi connectivity index (χ0n) is 13.9. The van der Waals surface area contributed by atoms with Crippen molar-refractivity contribution in [3.8, 4) is 22.5 Å². The number of aryl methyl sites for hydroxylation is 3. The van der Waals surface area contributed by atoms with Crippen LogP contribution in [-0.2, 0) is 7.05 Å². The number of hydrogen-bond donors (Lipinski definition) is 0. The van der Waals surface area contributed by atoms with Crippen LogP contribution in [-0.4, -0.2) is 14.0 Å². The van der Waals surface area contributed by atoms with Crippen molar-refractivity contribution in [3.63, 3.8) is 0 Å². The molecule has 0 N–H and O–H groups in total. The highest BCUT2D eigenvalue weighted by atomic mass is 19.1. The summed E-state index contributed by atoms with van der Waals surface area (Å²) in [6.07, 6.45) is 4.06. The molecule has 0 aliphatic rings. The molecule has 0 unspecified atom stereocenters. The second-order valence-corrected chi connectivity index (χ2v) is 6.21. The molecule has 0 atom stereocenters. The van der Waals surface area contributed by atoms with Gasteiger partial charge in [0.15, 0.2) is 0 Å². The molecular weight excluding hydrogens is 301 g/mol. The van der Waals surface area contributed by atoms with Gasteiger partial charge in [-0.15, -0.1) is 0 Å². The lowest BCUT2D eigenvalue weighted by molar-refractivity contribution is 0.628. The molecule has 2 aromatic heterocycles. The van der Waals surface area contributed by atoms with E-state index < -0.39 is 0 Å². The quantitative estimate of drug-likeness (QED) is 0.522. The van der Waals surface area contributed by atoms with E-state index in [-0.39, 0.29) is 5.82 Å². The van der Waals surface area contributed by atoms with Gasteiger partial charge in [-0.2, -0.15) is 0 Å². The minimum atomic E-state index is -0.237. The largest absolute Gasteiger partial charge is 0.313 e. The first-order valence-electron chi connectivity index (χ1n) is 7.91. The molecule has 3 nitrogen and oxygen atoms in total. The van der Waals surface area contributed by atoms with Gasteiger partial charge in [0.2, 0.25) is 5.78 Å². The fourth-order valence-corrected chi connectivity index (χ4v) is 2.98. The maximum atomic E-state index is 13.1. The van der Waals surface area contributed by atoms with Gasteiger partial charge in [0, 0.05) is 30.6 Å². The molecule has 0 amide bonds. The highest BCUT2D eigenvalue weighted by Gasteiger charge is 2.12. The lowest BCUT2D eigenvalue weighted by atomic mass is 10.0. The first kappa shape index (κ1) is 14.7. The topological polar surface area (TPSA) is 22.2 Å². The molecule has 0 aliphatic carbocycles. The average molecular weight is 319 g/mol. The smallest absolute Gasteiger partial charge is 0.214 e. The van der Waals surface area contributed by atoms with Crippen LogP contribution < -0.4 is 0 Å². The number of nitrogens with zero attached hydrogens (tertiary/aromatic N) is 3. The lowest BCUT2D eigenvalue weighted by Gasteiger charge is -2.06. The second-order valence-electron chi connectivity index (χ2n) is 6.21. The van der Waals surface area contributed by atoms with Crippen molar-refractivity contribution in [1.82, 2.24) is 14.0 Å². The van der Waals surface area contributed by atoms with E-state index in [2.05, 4.69) is 42.8 Å². The van der Waals surface area contributed by atoms with Crippen molar-refractivity contribution in [3.05, 3.63) is 71.8 Å². The van der Waals surface area contributed by atoms with Gasteiger partial charge >= 0.3 is 0 Å². The Morgan fingerprint density at radius 1 is 0.875 bits per heavy atom. The van der Waals surface area contributed by atoms with E-state index in [4.69, 9.17) is 4.98 Å². The van der Waals surface area contributed by atoms with Gasteiger partial charge in [-0.25, -0.2) is 9.37 Å². The number of fused-ring (bicyclic) bond motifs is 1. The van der Waals surface area contributed by atoms with E-state index in [0.717, 1.165) is 22.7 Å². The van der Waals surface area contributed by atoms with Crippen LogP contribution >= 0.6 is 0 Å². The zero-order valence-corrected chi connectivity index (χ0v) is 13.9. The Kier molecular flexibility index (Phi) is 3.27. The summed E-state index contributed by atoms with van der Waals surface area (Å²) in [6.45, 7) is 4.24. The Bertz CT molecular complexity index is 1040. The minimum Gasteiger partial charge on any atom is -0.313 e. The van der Waals surface area contributed by atoms with Crippen molar-refractivity contribution in [2.24, 2.45) is 7.05 Å². The van der Waals surface area contributed by atoms with Crippen molar-refractivity contribution < 1.29 is 4.39 Å². The summed E-state index contributed by atoms with van der Waals surface area (Å²) >= 11 is 0. The minimum absolute atomic E-state index is 0.237. The highest BCUT2D eigenvalue weighted by Crippen LogP contribution is 2.26. The monoisotopic (exact) mass is 319 g/mol. The summed E-state index contributed by atoms with van der Waals surface area (Å²) in [5.41, 5.74) is 6.61. The van der Waals surface area contributed by atoms with Gasteiger partial charge in [0.05, 0.1) is 11.4 Å². The fraction of sp³-hybridized carbons (Fsp3) is 0.150. The third-order valence-electron chi connectivity index (χ3n) is 4.58. The molecule has 2 aromatic carbocycles. The first-order chi connectivity index (χ1) is 11.5. The molecule has 0 fully saturated rings. The average Bonchev–Trinajstić information content (AvgIpc) is 3.11. The van der Waals surface area contributed by atoms with Crippen molar-refractivity contribution in [2.45, 2.75) is 13.8 Å². The molecule has 0 aliphatic heterocycles. The summed E-state index contributed by atoms with van der Waals surface area (Å²) in [5, 5.41) is 0. The molecule has 0 radical (unpaired) electrons. The maximum Gasteiger partial charge on any atom is 0.214 e. The fourth-order valence-electron chi connectivity index (χ4n) is 2.98. The van der Waals surface area contributed by atoms with E-state index in [0.29, 0.717) is 0 Å². The van der Waals surface area contributed by atoms with Gasteiger partial charge in [-0.05, 0) is 55.3 Å². The van der Waals surface area contributed by atoms with Crippen molar-refractivity contribution in [1.29, 1.82) is 0 Å². The number of hydrogen-bond acceptors (Lipinski definition) is 1. The molecule has 2 heterocycles. The van der Waals surface area contributed by atoms with Crippen LogP contribution in [0.15, 0.2) is 54.9 Å². The molecule has 120 valence electrons. The lowest BCUT2D eigenvalue weighted by Crippen LogP contribution is -1.93. The van der Waals surface area contributed by atoms with Crippen LogP contribution in [0, 0.1) is 19.7 Å². The first-order valence-corrected chi connectivity index (χ1v) is 7.91. The molecule has 4 heteroatoms. The zero-order chi connectivity index (χ0) is 16.8. The molecule has 0 spiro atoms. The predicted molar refractivity (Wildman–Crippen MR) is 94.5 cm³/mol. The second kappa shape index (κ2) is 5.34. The Hall–Kier alpha value is -2.88. The third-order valence-corrected chi connectivity index (χ3v) is 4.58. The Morgan fingerprint density at radius 2 is 1.58 bits per heavy atom. The van der Waals surface area contributed by atoms with Crippen LogP contribution in [0.2, 0.25) is 0 Å². The highest BCUT2D eigenvalue weighted by molar-refractivity contribution is 5.67. The van der Waals surface area contributed by atoms with Crippen molar-refractivity contribution in [2.75, 3.05) is 0 Å². The number of rotatable bonds is 2. The standard InChI is InChI=1S/C20H18FN3/c1-13-4-5-16(10-14(13)2)19-12-24-11-18(22-20(24)23(19)3)15-6-8-17(21)9-7-15/h4-12H,1-3H3. The molecular formula is C20H18FN3.